The second kappa shape index (κ2) is 32.2. The number of ether oxygens (including phenoxy) is 4. The van der Waals surface area contributed by atoms with Gasteiger partial charge in [0, 0.05) is 63.7 Å². The molecule has 0 spiro atoms. The quantitative estimate of drug-likeness (QED) is 0.0378. The van der Waals surface area contributed by atoms with E-state index in [1.54, 1.807) is 0 Å². The van der Waals surface area contributed by atoms with E-state index < -0.39 is 11.4 Å². The fraction of sp³-hybridized carbons (Fsp3) is 0.889. The molecule has 0 aromatic rings. The van der Waals surface area contributed by atoms with E-state index >= 15 is 0 Å². The van der Waals surface area contributed by atoms with Gasteiger partial charge in [-0.2, -0.15) is 0 Å². The minimum absolute atomic E-state index is 0.0809. The van der Waals surface area contributed by atoms with E-state index in [9.17, 15) is 24.0 Å². The predicted molar refractivity (Wildman–Crippen MR) is 222 cm³/mol. The number of amides is 1. The Kier molecular flexibility index (Phi) is 28.4. The number of carboxylic acid groups (broad SMARTS) is 1. The van der Waals surface area contributed by atoms with Crippen LogP contribution in [-0.2, 0) is 42.9 Å². The highest BCUT2D eigenvalue weighted by Gasteiger charge is 2.38. The number of unbranched alkanes of at least 4 members (excludes halogenated alkanes) is 12. The highest BCUT2D eigenvalue weighted by atomic mass is 16.5. The summed E-state index contributed by atoms with van der Waals surface area (Å²) >= 11 is 0. The van der Waals surface area contributed by atoms with Crippen molar-refractivity contribution in [3.05, 3.63) is 0 Å². The average molecular weight is 809 g/mol. The maximum atomic E-state index is 13.1. The van der Waals surface area contributed by atoms with E-state index in [-0.39, 0.29) is 56.3 Å². The molecule has 2 heterocycles. The summed E-state index contributed by atoms with van der Waals surface area (Å²) in [6.45, 7) is 10.3. The van der Waals surface area contributed by atoms with Gasteiger partial charge in [-0.3, -0.25) is 28.9 Å². The Balaban J connectivity index is 1.74. The number of carbonyl (C=O) groups excluding carboxylic acids is 4. The fourth-order valence-corrected chi connectivity index (χ4v) is 7.71. The van der Waals surface area contributed by atoms with Crippen molar-refractivity contribution in [2.75, 3.05) is 65.8 Å². The second-order valence-corrected chi connectivity index (χ2v) is 16.7. The molecule has 2 aliphatic heterocycles. The van der Waals surface area contributed by atoms with Gasteiger partial charge in [0.1, 0.15) is 13.2 Å². The lowest BCUT2D eigenvalue weighted by molar-refractivity contribution is -0.158. The van der Waals surface area contributed by atoms with Crippen LogP contribution in [0.3, 0.4) is 0 Å². The lowest BCUT2D eigenvalue weighted by Crippen LogP contribution is -2.47. The van der Waals surface area contributed by atoms with Gasteiger partial charge in [0.25, 0.3) is 0 Å². The molecule has 1 atom stereocenters. The van der Waals surface area contributed by atoms with Crippen molar-refractivity contribution in [3.8, 4) is 0 Å². The van der Waals surface area contributed by atoms with E-state index in [1.807, 2.05) is 4.90 Å². The molecule has 0 radical (unpaired) electrons. The third kappa shape index (κ3) is 25.4. The molecule has 0 aliphatic carbocycles. The first-order valence-electron chi connectivity index (χ1n) is 22.9. The number of carboxylic acids is 1. The smallest absolute Gasteiger partial charge is 0.305 e. The number of hydrogen-bond donors (Lipinski definition) is 1. The van der Waals surface area contributed by atoms with Gasteiger partial charge < -0.3 is 29.0 Å². The average Bonchev–Trinajstić information content (AvgIpc) is 3.21. The molecule has 0 saturated carbocycles. The number of likely N-dealkylation sites (tertiary alicyclic amines) is 1. The molecule has 0 bridgehead atoms. The Morgan fingerprint density at radius 2 is 1.05 bits per heavy atom. The number of rotatable bonds is 34. The second-order valence-electron chi connectivity index (χ2n) is 16.7. The summed E-state index contributed by atoms with van der Waals surface area (Å²) in [6, 6.07) is 0. The normalized spacial score (nSPS) is 16.2. The molecule has 12 nitrogen and oxygen atoms in total. The molecule has 0 aromatic heterocycles. The molecule has 12 heteroatoms. The van der Waals surface area contributed by atoms with Crippen molar-refractivity contribution >= 4 is 29.8 Å². The van der Waals surface area contributed by atoms with E-state index in [4.69, 9.17) is 24.1 Å². The molecule has 2 fully saturated rings. The number of esters is 3. The Morgan fingerprint density at radius 3 is 1.60 bits per heavy atom. The SMILES string of the molecule is CCCCCCCCC(CCCCCC)COC(=O)CCCCCC(=O)OCC1(COC(=O)CCCCCC(=O)O)CCN(C(=O)CCCN2CCOCC2)CC1. The molecule has 2 saturated heterocycles. The number of piperidine rings is 1. The van der Waals surface area contributed by atoms with Crippen molar-refractivity contribution in [2.24, 2.45) is 11.3 Å². The zero-order valence-electron chi connectivity index (χ0n) is 36.0. The van der Waals surface area contributed by atoms with Gasteiger partial charge in [0.05, 0.1) is 19.8 Å². The summed E-state index contributed by atoms with van der Waals surface area (Å²) in [6.07, 6.45) is 21.7. The van der Waals surface area contributed by atoms with Gasteiger partial charge in [0.15, 0.2) is 0 Å². The molecule has 330 valence electrons. The van der Waals surface area contributed by atoms with Crippen LogP contribution < -0.4 is 0 Å². The summed E-state index contributed by atoms with van der Waals surface area (Å²) in [5, 5.41) is 8.84. The minimum atomic E-state index is -0.846. The van der Waals surface area contributed by atoms with Crippen LogP contribution >= 0.6 is 0 Å². The predicted octanol–water partition coefficient (Wildman–Crippen LogP) is 8.66. The summed E-state index contributed by atoms with van der Waals surface area (Å²) in [5.74, 6) is -1.11. The first-order chi connectivity index (χ1) is 27.7. The summed E-state index contributed by atoms with van der Waals surface area (Å²) in [4.78, 5) is 66.1. The maximum absolute atomic E-state index is 13.1. The third-order valence-electron chi connectivity index (χ3n) is 11.7. The van der Waals surface area contributed by atoms with E-state index in [0.29, 0.717) is 83.4 Å². The van der Waals surface area contributed by atoms with Gasteiger partial charge in [-0.1, -0.05) is 90.9 Å². The van der Waals surface area contributed by atoms with Crippen molar-refractivity contribution in [3.63, 3.8) is 0 Å². The summed E-state index contributed by atoms with van der Waals surface area (Å²) in [5.41, 5.74) is -0.578. The first-order valence-corrected chi connectivity index (χ1v) is 22.9. The summed E-state index contributed by atoms with van der Waals surface area (Å²) in [7, 11) is 0. The zero-order chi connectivity index (χ0) is 41.4. The largest absolute Gasteiger partial charge is 0.481 e. The topological polar surface area (TPSA) is 149 Å². The maximum Gasteiger partial charge on any atom is 0.305 e. The molecule has 1 amide bonds. The van der Waals surface area contributed by atoms with E-state index in [0.717, 1.165) is 58.5 Å². The lowest BCUT2D eigenvalue weighted by Gasteiger charge is -2.41. The van der Waals surface area contributed by atoms with Crippen LogP contribution in [-0.4, -0.2) is 110 Å². The van der Waals surface area contributed by atoms with Crippen LogP contribution in [0.15, 0.2) is 0 Å². The van der Waals surface area contributed by atoms with E-state index in [2.05, 4.69) is 18.7 Å². The van der Waals surface area contributed by atoms with Gasteiger partial charge in [-0.25, -0.2) is 0 Å². The molecule has 2 rings (SSSR count). The number of morpholine rings is 1. The highest BCUT2D eigenvalue weighted by Crippen LogP contribution is 2.33. The molecule has 2 aliphatic rings. The molecular weight excluding hydrogens is 728 g/mol. The Morgan fingerprint density at radius 1 is 0.579 bits per heavy atom. The zero-order valence-corrected chi connectivity index (χ0v) is 36.0. The highest BCUT2D eigenvalue weighted by molar-refractivity contribution is 5.76. The number of carbonyl (C=O) groups is 5. The van der Waals surface area contributed by atoms with Gasteiger partial charge in [-0.15, -0.1) is 0 Å². The Hall–Kier alpha value is -2.73. The molecule has 1 N–H and O–H groups in total. The van der Waals surface area contributed by atoms with Crippen molar-refractivity contribution in [1.29, 1.82) is 0 Å². The summed E-state index contributed by atoms with van der Waals surface area (Å²) < 4.78 is 22.6. The number of hydrogen-bond acceptors (Lipinski definition) is 10. The fourth-order valence-electron chi connectivity index (χ4n) is 7.71. The van der Waals surface area contributed by atoms with Crippen molar-refractivity contribution in [1.82, 2.24) is 9.80 Å². The van der Waals surface area contributed by atoms with Crippen molar-refractivity contribution < 1.29 is 48.0 Å². The number of nitrogens with zero attached hydrogens (tertiary/aromatic N) is 2. The van der Waals surface area contributed by atoms with Crippen LogP contribution in [0.4, 0.5) is 0 Å². The van der Waals surface area contributed by atoms with Gasteiger partial charge >= 0.3 is 23.9 Å². The number of aliphatic carboxylic acids is 1. The molecule has 57 heavy (non-hydrogen) atoms. The van der Waals surface area contributed by atoms with E-state index in [1.165, 1.54) is 64.2 Å². The minimum Gasteiger partial charge on any atom is -0.481 e. The first kappa shape index (κ1) is 50.4. The van der Waals surface area contributed by atoms with Gasteiger partial charge in [-0.05, 0) is 70.3 Å². The van der Waals surface area contributed by atoms with Gasteiger partial charge in [0.2, 0.25) is 5.91 Å². The standard InChI is InChI=1S/C45H80N2O10/c1-3-5-7-9-10-14-21-39(20-13-8-6-4-2)36-55-42(51)24-17-12-18-26-44(53)57-38-45(37-56-43(52)25-16-11-15-23-41(49)50)27-30-47(31-28-45)40(48)22-19-29-46-32-34-54-35-33-46/h39H,3-38H2,1-2H3,(H,49,50). The third-order valence-corrected chi connectivity index (χ3v) is 11.7. The van der Waals surface area contributed by atoms with Crippen LogP contribution in [0, 0.1) is 11.3 Å². The molecule has 0 aromatic carbocycles. The van der Waals surface area contributed by atoms with Crippen molar-refractivity contribution in [2.45, 2.75) is 181 Å². The lowest BCUT2D eigenvalue weighted by atomic mass is 9.79. The Labute approximate surface area is 344 Å². The monoisotopic (exact) mass is 809 g/mol. The molecular formula is C45H80N2O10. The Bertz CT molecular complexity index is 1100. The van der Waals surface area contributed by atoms with Crippen LogP contribution in [0.2, 0.25) is 0 Å². The molecule has 1 unspecified atom stereocenters. The van der Waals surface area contributed by atoms with Crippen LogP contribution in [0.25, 0.3) is 0 Å². The van der Waals surface area contributed by atoms with Crippen LogP contribution in [0.5, 0.6) is 0 Å². The van der Waals surface area contributed by atoms with Crippen LogP contribution in [0.1, 0.15) is 181 Å².